The summed E-state index contributed by atoms with van der Waals surface area (Å²) in [5.41, 5.74) is 5.62. The first-order valence-electron chi connectivity index (χ1n) is 7.87. The number of anilines is 1. The van der Waals surface area contributed by atoms with Crippen LogP contribution in [0.15, 0.2) is 36.7 Å². The summed E-state index contributed by atoms with van der Waals surface area (Å²) in [7, 11) is 1.87. The van der Waals surface area contributed by atoms with Crippen LogP contribution in [0.2, 0.25) is 0 Å². The molecule has 0 atom stereocenters. The third-order valence-corrected chi connectivity index (χ3v) is 4.29. The molecule has 24 heavy (non-hydrogen) atoms. The normalized spacial score (nSPS) is 12.4. The smallest absolute Gasteiger partial charge is 0.277 e. The van der Waals surface area contributed by atoms with Crippen molar-refractivity contribution in [2.24, 2.45) is 7.05 Å². The molecule has 3 heterocycles. The van der Waals surface area contributed by atoms with Crippen LogP contribution in [0.25, 0.3) is 11.3 Å². The van der Waals surface area contributed by atoms with Crippen molar-refractivity contribution in [2.45, 2.75) is 19.8 Å². The highest BCUT2D eigenvalue weighted by atomic mass is 16.2. The highest BCUT2D eigenvalue weighted by Gasteiger charge is 2.27. The maximum Gasteiger partial charge on any atom is 0.277 e. The zero-order chi connectivity index (χ0) is 16.7. The molecule has 0 fully saturated rings. The predicted octanol–water partition coefficient (Wildman–Crippen LogP) is 2.54. The van der Waals surface area contributed by atoms with Gasteiger partial charge in [0.2, 0.25) is 0 Å². The number of amides is 1. The molecule has 1 aliphatic rings. The Morgan fingerprint density at radius 2 is 2.12 bits per heavy atom. The zero-order valence-corrected chi connectivity index (χ0v) is 13.6. The minimum Gasteiger partial charge on any atom is -0.305 e. The van der Waals surface area contributed by atoms with Gasteiger partial charge in [0, 0.05) is 36.3 Å². The topological polar surface area (TPSA) is 72.7 Å². The summed E-state index contributed by atoms with van der Waals surface area (Å²) >= 11 is 0. The lowest BCUT2D eigenvalue weighted by molar-refractivity contribution is 0.102. The van der Waals surface area contributed by atoms with Gasteiger partial charge in [-0.2, -0.15) is 5.10 Å². The van der Waals surface area contributed by atoms with Crippen molar-refractivity contribution < 1.29 is 4.79 Å². The molecule has 0 saturated carbocycles. The Bertz CT molecular complexity index is 944. The van der Waals surface area contributed by atoms with Crippen molar-refractivity contribution in [3.63, 3.8) is 0 Å². The number of nitrogens with one attached hydrogen (secondary N) is 1. The number of nitrogens with zero attached hydrogens (tertiary/aromatic N) is 4. The Balaban J connectivity index is 1.72. The van der Waals surface area contributed by atoms with E-state index in [-0.39, 0.29) is 5.91 Å². The fourth-order valence-electron chi connectivity index (χ4n) is 3.23. The Kier molecular flexibility index (Phi) is 3.37. The molecule has 0 aliphatic heterocycles. The van der Waals surface area contributed by atoms with Crippen LogP contribution < -0.4 is 5.32 Å². The third kappa shape index (κ3) is 2.36. The van der Waals surface area contributed by atoms with E-state index in [1.165, 1.54) is 5.56 Å². The molecule has 0 saturated heterocycles. The number of hydrogen-bond acceptors (Lipinski definition) is 4. The molecule has 3 aromatic heterocycles. The number of pyridine rings is 2. The summed E-state index contributed by atoms with van der Waals surface area (Å²) < 4.78 is 1.78. The lowest BCUT2D eigenvalue weighted by Gasteiger charge is -2.16. The number of carbonyl (C=O) groups is 1. The van der Waals surface area contributed by atoms with Crippen molar-refractivity contribution in [2.75, 3.05) is 5.32 Å². The van der Waals surface area contributed by atoms with Crippen LogP contribution in [-0.2, 0) is 19.9 Å². The molecule has 0 bridgehead atoms. The molecule has 0 radical (unpaired) electrons. The van der Waals surface area contributed by atoms with Gasteiger partial charge in [0.05, 0.1) is 5.69 Å². The number of rotatable bonds is 2. The molecule has 1 amide bonds. The van der Waals surface area contributed by atoms with E-state index in [1.807, 2.05) is 38.4 Å². The molecule has 0 unspecified atom stereocenters. The summed E-state index contributed by atoms with van der Waals surface area (Å²) in [6, 6.07) is 7.53. The molecule has 4 rings (SSSR count). The third-order valence-electron chi connectivity index (χ3n) is 4.29. The second-order valence-electron chi connectivity index (χ2n) is 5.95. The lowest BCUT2D eigenvalue weighted by Crippen LogP contribution is -2.16. The Morgan fingerprint density at radius 1 is 1.25 bits per heavy atom. The van der Waals surface area contributed by atoms with Crippen LogP contribution in [0.3, 0.4) is 0 Å². The number of carbonyl (C=O) groups excluding carboxylic acids is 1. The summed E-state index contributed by atoms with van der Waals surface area (Å²) in [5, 5.41) is 7.31. The predicted molar refractivity (Wildman–Crippen MR) is 90.8 cm³/mol. The van der Waals surface area contributed by atoms with Gasteiger partial charge < -0.3 is 5.32 Å². The first-order chi connectivity index (χ1) is 11.6. The van der Waals surface area contributed by atoms with E-state index in [0.29, 0.717) is 11.5 Å². The molecular formula is C18H17N5O. The van der Waals surface area contributed by atoms with Crippen LogP contribution in [0.1, 0.15) is 27.3 Å². The first kappa shape index (κ1) is 14.6. The molecule has 1 aliphatic carbocycles. The van der Waals surface area contributed by atoms with Crippen molar-refractivity contribution in [1.29, 1.82) is 0 Å². The Labute approximate surface area is 139 Å². The summed E-state index contributed by atoms with van der Waals surface area (Å²) in [5.74, 6) is 0.322. The number of fused-ring (bicyclic) bond motifs is 3. The van der Waals surface area contributed by atoms with Gasteiger partial charge in [0.15, 0.2) is 5.69 Å². The van der Waals surface area contributed by atoms with Gasteiger partial charge in [-0.25, -0.2) is 4.98 Å². The molecule has 1 N–H and O–H groups in total. The van der Waals surface area contributed by atoms with Gasteiger partial charge >= 0.3 is 0 Å². The van der Waals surface area contributed by atoms with Crippen LogP contribution >= 0.6 is 0 Å². The summed E-state index contributed by atoms with van der Waals surface area (Å²) in [4.78, 5) is 21.2. The average Bonchev–Trinajstić information content (AvgIpc) is 2.92. The molecule has 0 spiro atoms. The minimum absolute atomic E-state index is 0.220. The van der Waals surface area contributed by atoms with Crippen molar-refractivity contribution in [1.82, 2.24) is 19.7 Å². The highest BCUT2D eigenvalue weighted by Crippen LogP contribution is 2.34. The van der Waals surface area contributed by atoms with E-state index in [2.05, 4.69) is 20.4 Å². The fraction of sp³-hybridized carbons (Fsp3) is 0.222. The van der Waals surface area contributed by atoms with E-state index in [4.69, 9.17) is 0 Å². The maximum absolute atomic E-state index is 12.7. The summed E-state index contributed by atoms with van der Waals surface area (Å²) in [6.45, 7) is 1.89. The van der Waals surface area contributed by atoms with Crippen LogP contribution in [0.4, 0.5) is 5.82 Å². The first-order valence-corrected chi connectivity index (χ1v) is 7.87. The molecule has 3 aromatic rings. The second-order valence-corrected chi connectivity index (χ2v) is 5.95. The molecule has 120 valence electrons. The van der Waals surface area contributed by atoms with Gasteiger partial charge in [0.25, 0.3) is 5.91 Å². The van der Waals surface area contributed by atoms with E-state index < -0.39 is 0 Å². The van der Waals surface area contributed by atoms with E-state index >= 15 is 0 Å². The number of hydrogen-bond donors (Lipinski definition) is 1. The van der Waals surface area contributed by atoms with Crippen LogP contribution in [0.5, 0.6) is 0 Å². The van der Waals surface area contributed by atoms with Gasteiger partial charge in [0.1, 0.15) is 5.82 Å². The number of aryl methyl sites for hydroxylation is 3. The SMILES string of the molecule is Cc1cccc(NC(=O)c2nn(C)c3c2CCc2cnccc2-3)n1. The zero-order valence-electron chi connectivity index (χ0n) is 13.6. The minimum atomic E-state index is -0.220. The Hall–Kier alpha value is -3.02. The van der Waals surface area contributed by atoms with Crippen molar-refractivity contribution in [3.8, 4) is 11.3 Å². The van der Waals surface area contributed by atoms with Gasteiger partial charge in [-0.15, -0.1) is 0 Å². The van der Waals surface area contributed by atoms with Crippen molar-refractivity contribution >= 4 is 11.7 Å². The second kappa shape index (κ2) is 5.56. The molecule has 6 nitrogen and oxygen atoms in total. The fourth-order valence-corrected chi connectivity index (χ4v) is 3.23. The quantitative estimate of drug-likeness (QED) is 0.788. The Morgan fingerprint density at radius 3 is 2.96 bits per heavy atom. The summed E-state index contributed by atoms with van der Waals surface area (Å²) in [6.07, 6.45) is 5.32. The lowest BCUT2D eigenvalue weighted by atomic mass is 9.90. The van der Waals surface area contributed by atoms with Crippen molar-refractivity contribution in [3.05, 3.63) is 59.2 Å². The van der Waals surface area contributed by atoms with E-state index in [1.54, 1.807) is 16.9 Å². The van der Waals surface area contributed by atoms with Crippen LogP contribution in [-0.4, -0.2) is 25.7 Å². The largest absolute Gasteiger partial charge is 0.305 e. The number of aromatic nitrogens is 4. The monoisotopic (exact) mass is 319 g/mol. The van der Waals surface area contributed by atoms with Gasteiger partial charge in [-0.1, -0.05) is 6.07 Å². The van der Waals surface area contributed by atoms with Gasteiger partial charge in [-0.3, -0.25) is 14.5 Å². The van der Waals surface area contributed by atoms with Crippen LogP contribution in [0, 0.1) is 6.92 Å². The van der Waals surface area contributed by atoms with E-state index in [0.717, 1.165) is 35.4 Å². The molecule has 0 aromatic carbocycles. The molecule has 6 heteroatoms. The average molecular weight is 319 g/mol. The maximum atomic E-state index is 12.7. The molecular weight excluding hydrogens is 302 g/mol. The highest BCUT2D eigenvalue weighted by molar-refractivity contribution is 6.04. The standard InChI is InChI=1S/C18H17N5O/c1-11-4-3-5-15(20-11)21-18(24)16-14-7-6-12-10-19-9-8-13(12)17(14)23(2)22-16/h3-5,8-10H,6-7H2,1-2H3,(H,20,21,24). The van der Waals surface area contributed by atoms with E-state index in [9.17, 15) is 4.79 Å². The van der Waals surface area contributed by atoms with Gasteiger partial charge in [-0.05, 0) is 43.5 Å².